The van der Waals surface area contributed by atoms with Crippen LogP contribution in [0.2, 0.25) is 0 Å². The Morgan fingerprint density at radius 3 is 2.73 bits per heavy atom. The maximum Gasteiger partial charge on any atom is 0.307 e. The fourth-order valence-corrected chi connectivity index (χ4v) is 3.55. The Morgan fingerprint density at radius 2 is 1.96 bits per heavy atom. The number of pyridine rings is 1. The van der Waals surface area contributed by atoms with E-state index in [0.29, 0.717) is 5.75 Å². The van der Waals surface area contributed by atoms with E-state index >= 15 is 0 Å². The highest BCUT2D eigenvalue weighted by molar-refractivity contribution is 5.95. The standard InChI is InChI=1S/C21H18N2O3/c1-13-16(12-21(24)25)17-11-14(26-2)7-8-19(17)23(13)20-9-10-22-18-6-4-3-5-15(18)20/h3-11H,12H2,1-2H3,(H,24,25). The van der Waals surface area contributed by atoms with Crippen molar-refractivity contribution >= 4 is 27.8 Å². The van der Waals surface area contributed by atoms with Gasteiger partial charge in [0, 0.05) is 22.7 Å². The highest BCUT2D eigenvalue weighted by Gasteiger charge is 2.19. The third-order valence-corrected chi connectivity index (χ3v) is 4.74. The van der Waals surface area contributed by atoms with Crippen molar-refractivity contribution in [1.29, 1.82) is 0 Å². The van der Waals surface area contributed by atoms with Crippen LogP contribution in [0.1, 0.15) is 11.3 Å². The molecule has 0 aliphatic rings. The van der Waals surface area contributed by atoms with Crippen LogP contribution in [0.15, 0.2) is 54.7 Å². The lowest BCUT2D eigenvalue weighted by Crippen LogP contribution is -2.03. The predicted molar refractivity (Wildman–Crippen MR) is 101 cm³/mol. The second kappa shape index (κ2) is 6.19. The predicted octanol–water partition coefficient (Wildman–Crippen LogP) is 4.12. The molecule has 0 atom stereocenters. The highest BCUT2D eigenvalue weighted by Crippen LogP contribution is 2.34. The largest absolute Gasteiger partial charge is 0.497 e. The summed E-state index contributed by atoms with van der Waals surface area (Å²) in [5, 5.41) is 11.3. The number of fused-ring (bicyclic) bond motifs is 2. The van der Waals surface area contributed by atoms with E-state index < -0.39 is 5.97 Å². The summed E-state index contributed by atoms with van der Waals surface area (Å²) in [6.07, 6.45) is 1.74. The van der Waals surface area contributed by atoms with Gasteiger partial charge in [0.25, 0.3) is 0 Å². The Balaban J connectivity index is 2.09. The van der Waals surface area contributed by atoms with Crippen LogP contribution in [0, 0.1) is 6.92 Å². The number of ether oxygens (including phenoxy) is 1. The van der Waals surface area contributed by atoms with Crippen molar-refractivity contribution in [3.63, 3.8) is 0 Å². The fourth-order valence-electron chi connectivity index (χ4n) is 3.55. The van der Waals surface area contributed by atoms with Crippen molar-refractivity contribution in [2.45, 2.75) is 13.3 Å². The molecule has 130 valence electrons. The number of aliphatic carboxylic acids is 1. The maximum absolute atomic E-state index is 11.4. The third kappa shape index (κ3) is 2.49. The van der Waals surface area contributed by atoms with E-state index in [1.165, 1.54) is 0 Å². The number of carboxylic acid groups (broad SMARTS) is 1. The van der Waals surface area contributed by atoms with Gasteiger partial charge in [0.05, 0.1) is 30.3 Å². The zero-order chi connectivity index (χ0) is 18.3. The van der Waals surface area contributed by atoms with Crippen LogP contribution in [-0.2, 0) is 11.2 Å². The highest BCUT2D eigenvalue weighted by atomic mass is 16.5. The Bertz CT molecular complexity index is 1140. The average Bonchev–Trinajstić information content (AvgIpc) is 2.92. The quantitative estimate of drug-likeness (QED) is 0.604. The zero-order valence-electron chi connectivity index (χ0n) is 14.6. The van der Waals surface area contributed by atoms with Gasteiger partial charge in [0.15, 0.2) is 0 Å². The number of para-hydroxylation sites is 1. The smallest absolute Gasteiger partial charge is 0.307 e. The molecule has 5 heteroatoms. The van der Waals surface area contributed by atoms with Gasteiger partial charge < -0.3 is 14.4 Å². The number of carboxylic acids is 1. The van der Waals surface area contributed by atoms with Crippen LogP contribution in [0.5, 0.6) is 5.75 Å². The van der Waals surface area contributed by atoms with Crippen LogP contribution in [0.25, 0.3) is 27.5 Å². The number of aromatic nitrogens is 2. The third-order valence-electron chi connectivity index (χ3n) is 4.74. The van der Waals surface area contributed by atoms with Gasteiger partial charge in [0.1, 0.15) is 5.75 Å². The number of rotatable bonds is 4. The SMILES string of the molecule is COc1ccc2c(c1)c(CC(=O)O)c(C)n2-c1ccnc2ccccc12. The number of nitrogens with zero attached hydrogens (tertiary/aromatic N) is 2. The van der Waals surface area contributed by atoms with Crippen LogP contribution < -0.4 is 4.74 Å². The maximum atomic E-state index is 11.4. The summed E-state index contributed by atoms with van der Waals surface area (Å²) in [6.45, 7) is 1.96. The lowest BCUT2D eigenvalue weighted by atomic mass is 10.1. The molecule has 0 saturated carbocycles. The molecule has 0 aliphatic heterocycles. The van der Waals surface area contributed by atoms with Crippen molar-refractivity contribution in [2.75, 3.05) is 7.11 Å². The van der Waals surface area contributed by atoms with E-state index in [2.05, 4.69) is 9.55 Å². The van der Waals surface area contributed by atoms with E-state index in [0.717, 1.165) is 38.8 Å². The average molecular weight is 346 g/mol. The van der Waals surface area contributed by atoms with E-state index in [1.807, 2.05) is 55.5 Å². The number of methoxy groups -OCH3 is 1. The van der Waals surface area contributed by atoms with E-state index in [9.17, 15) is 9.90 Å². The molecule has 0 radical (unpaired) electrons. The fraction of sp³-hybridized carbons (Fsp3) is 0.143. The van der Waals surface area contributed by atoms with Gasteiger partial charge in [0.2, 0.25) is 0 Å². The molecule has 4 aromatic rings. The Hall–Kier alpha value is -3.34. The second-order valence-corrected chi connectivity index (χ2v) is 6.20. The van der Waals surface area contributed by atoms with Gasteiger partial charge in [-0.1, -0.05) is 18.2 Å². The molecule has 0 unspecified atom stereocenters. The van der Waals surface area contributed by atoms with Gasteiger partial charge in [-0.25, -0.2) is 0 Å². The van der Waals surface area contributed by atoms with Crippen molar-refractivity contribution in [3.05, 3.63) is 66.0 Å². The molecule has 2 aromatic carbocycles. The first-order chi connectivity index (χ1) is 12.6. The molecule has 5 nitrogen and oxygen atoms in total. The van der Waals surface area contributed by atoms with Crippen LogP contribution in [0.3, 0.4) is 0 Å². The van der Waals surface area contributed by atoms with E-state index in [-0.39, 0.29) is 6.42 Å². The lowest BCUT2D eigenvalue weighted by Gasteiger charge is -2.12. The Labute approximate surface area is 150 Å². The lowest BCUT2D eigenvalue weighted by molar-refractivity contribution is -0.136. The molecule has 0 bridgehead atoms. The number of hydrogen-bond donors (Lipinski definition) is 1. The van der Waals surface area contributed by atoms with Gasteiger partial charge >= 0.3 is 5.97 Å². The molecular weight excluding hydrogens is 328 g/mol. The van der Waals surface area contributed by atoms with Gasteiger partial charge in [-0.2, -0.15) is 0 Å². The van der Waals surface area contributed by atoms with Gasteiger partial charge in [-0.3, -0.25) is 9.78 Å². The number of hydrogen-bond acceptors (Lipinski definition) is 3. The monoisotopic (exact) mass is 346 g/mol. The second-order valence-electron chi connectivity index (χ2n) is 6.20. The summed E-state index contributed by atoms with van der Waals surface area (Å²) >= 11 is 0. The van der Waals surface area contributed by atoms with Crippen molar-refractivity contribution < 1.29 is 14.6 Å². The summed E-state index contributed by atoms with van der Waals surface area (Å²) in [4.78, 5) is 15.9. The summed E-state index contributed by atoms with van der Waals surface area (Å²) in [7, 11) is 1.61. The molecule has 1 N–H and O–H groups in total. The molecule has 2 heterocycles. The molecule has 0 amide bonds. The molecule has 0 aliphatic carbocycles. The zero-order valence-corrected chi connectivity index (χ0v) is 14.6. The first-order valence-electron chi connectivity index (χ1n) is 8.34. The Kier molecular flexibility index (Phi) is 3.84. The van der Waals surface area contributed by atoms with Crippen molar-refractivity contribution in [1.82, 2.24) is 9.55 Å². The van der Waals surface area contributed by atoms with Gasteiger partial charge in [-0.05, 0) is 42.8 Å². The topological polar surface area (TPSA) is 64.3 Å². The molecular formula is C21H18N2O3. The van der Waals surface area contributed by atoms with Crippen LogP contribution >= 0.6 is 0 Å². The first-order valence-corrected chi connectivity index (χ1v) is 8.34. The molecule has 4 rings (SSSR count). The van der Waals surface area contributed by atoms with Crippen LogP contribution in [-0.4, -0.2) is 27.7 Å². The minimum atomic E-state index is -0.852. The summed E-state index contributed by atoms with van der Waals surface area (Å²) in [5.74, 6) is -0.143. The van der Waals surface area contributed by atoms with E-state index in [4.69, 9.17) is 4.74 Å². The summed E-state index contributed by atoms with van der Waals surface area (Å²) < 4.78 is 7.45. The van der Waals surface area contributed by atoms with Gasteiger partial charge in [-0.15, -0.1) is 0 Å². The minimum absolute atomic E-state index is 0.0362. The molecule has 0 spiro atoms. The normalized spacial score (nSPS) is 11.2. The summed E-state index contributed by atoms with van der Waals surface area (Å²) in [6, 6.07) is 15.7. The molecule has 0 saturated heterocycles. The minimum Gasteiger partial charge on any atom is -0.497 e. The first kappa shape index (κ1) is 16.1. The summed E-state index contributed by atoms with van der Waals surface area (Å²) in [5.41, 5.74) is 4.55. The molecule has 2 aromatic heterocycles. The number of benzene rings is 2. The molecule has 0 fully saturated rings. The Morgan fingerprint density at radius 1 is 1.15 bits per heavy atom. The molecule has 26 heavy (non-hydrogen) atoms. The number of carbonyl (C=O) groups is 1. The van der Waals surface area contributed by atoms with Crippen LogP contribution in [0.4, 0.5) is 0 Å². The van der Waals surface area contributed by atoms with Crippen molar-refractivity contribution in [3.8, 4) is 11.4 Å². The van der Waals surface area contributed by atoms with E-state index in [1.54, 1.807) is 13.3 Å². The van der Waals surface area contributed by atoms with Crippen molar-refractivity contribution in [2.24, 2.45) is 0 Å².